The van der Waals surface area contributed by atoms with Crippen LogP contribution in [0.4, 0.5) is 0 Å². The quantitative estimate of drug-likeness (QED) is 0.690. The molecule has 2 rings (SSSR count). The molecule has 15 heavy (non-hydrogen) atoms. The number of hydrogen-bond donors (Lipinski definition) is 2. The molecule has 2 heterocycles. The summed E-state index contributed by atoms with van der Waals surface area (Å²) in [7, 11) is 0. The zero-order chi connectivity index (χ0) is 10.8. The van der Waals surface area contributed by atoms with Gasteiger partial charge >= 0.3 is 0 Å². The Morgan fingerprint density at radius 1 is 1.33 bits per heavy atom. The smallest absolute Gasteiger partial charge is 0.241 e. The second kappa shape index (κ2) is 4.49. The molecule has 2 N–H and O–H groups in total. The van der Waals surface area contributed by atoms with Gasteiger partial charge in [0.2, 0.25) is 5.91 Å². The average molecular weight is 211 g/mol. The second-order valence-corrected chi connectivity index (χ2v) is 4.53. The van der Waals surface area contributed by atoms with Crippen molar-refractivity contribution in [3.05, 3.63) is 0 Å². The van der Waals surface area contributed by atoms with Crippen molar-refractivity contribution in [1.29, 1.82) is 0 Å². The molecule has 4 heteroatoms. The molecule has 86 valence electrons. The third kappa shape index (κ3) is 2.01. The molecule has 0 aromatic heterocycles. The van der Waals surface area contributed by atoms with Gasteiger partial charge in [-0.3, -0.25) is 10.1 Å². The summed E-state index contributed by atoms with van der Waals surface area (Å²) in [6.45, 7) is 5.95. The molecular formula is C11H21N3O. The summed E-state index contributed by atoms with van der Waals surface area (Å²) < 4.78 is 0. The van der Waals surface area contributed by atoms with Crippen LogP contribution in [0.5, 0.6) is 0 Å². The number of nitrogens with zero attached hydrogens (tertiary/aromatic N) is 1. The van der Waals surface area contributed by atoms with Gasteiger partial charge in [-0.05, 0) is 19.3 Å². The Labute approximate surface area is 91.4 Å². The van der Waals surface area contributed by atoms with Crippen LogP contribution in [-0.4, -0.2) is 42.1 Å². The van der Waals surface area contributed by atoms with Gasteiger partial charge in [0.1, 0.15) is 0 Å². The molecule has 0 aliphatic carbocycles. The standard InChI is InChI=1S/C11H21N3O/c1-3-8-5-9-6-12-10(4-2)11(15)14(9)7-13-8/h8-10,12-13H,3-7H2,1-2H3. The summed E-state index contributed by atoms with van der Waals surface area (Å²) in [5, 5.41) is 6.76. The van der Waals surface area contributed by atoms with E-state index in [9.17, 15) is 4.79 Å². The number of amides is 1. The van der Waals surface area contributed by atoms with E-state index in [1.165, 1.54) is 0 Å². The number of nitrogens with one attached hydrogen (secondary N) is 2. The molecule has 2 saturated heterocycles. The zero-order valence-electron chi connectivity index (χ0n) is 9.62. The predicted molar refractivity (Wildman–Crippen MR) is 59.4 cm³/mol. The number of piperazine rings is 1. The van der Waals surface area contributed by atoms with Crippen molar-refractivity contribution in [3.8, 4) is 0 Å². The Bertz CT molecular complexity index is 244. The molecule has 0 aromatic carbocycles. The van der Waals surface area contributed by atoms with Crippen molar-refractivity contribution in [2.24, 2.45) is 0 Å². The summed E-state index contributed by atoms with van der Waals surface area (Å²) >= 11 is 0. The lowest BCUT2D eigenvalue weighted by Gasteiger charge is -2.45. The third-order valence-electron chi connectivity index (χ3n) is 3.63. The second-order valence-electron chi connectivity index (χ2n) is 4.53. The molecule has 1 amide bonds. The maximum absolute atomic E-state index is 12.0. The highest BCUT2D eigenvalue weighted by molar-refractivity contribution is 5.83. The topological polar surface area (TPSA) is 44.4 Å². The van der Waals surface area contributed by atoms with E-state index in [1.807, 2.05) is 4.90 Å². The minimum Gasteiger partial charge on any atom is -0.324 e. The largest absolute Gasteiger partial charge is 0.324 e. The summed E-state index contributed by atoms with van der Waals surface area (Å²) in [5.74, 6) is 0.274. The van der Waals surface area contributed by atoms with Gasteiger partial charge in [-0.15, -0.1) is 0 Å². The van der Waals surface area contributed by atoms with Gasteiger partial charge in [0.15, 0.2) is 0 Å². The minimum atomic E-state index is 0.0428. The summed E-state index contributed by atoms with van der Waals surface area (Å²) in [6.07, 6.45) is 3.13. The highest BCUT2D eigenvalue weighted by atomic mass is 16.2. The Hall–Kier alpha value is -0.610. The molecular weight excluding hydrogens is 190 g/mol. The molecule has 3 atom stereocenters. The molecule has 3 unspecified atom stereocenters. The Balaban J connectivity index is 2.00. The van der Waals surface area contributed by atoms with Crippen molar-refractivity contribution >= 4 is 5.91 Å². The van der Waals surface area contributed by atoms with Gasteiger partial charge in [0.25, 0.3) is 0 Å². The van der Waals surface area contributed by atoms with Crippen LogP contribution in [-0.2, 0) is 4.79 Å². The monoisotopic (exact) mass is 211 g/mol. The number of hydrogen-bond acceptors (Lipinski definition) is 3. The zero-order valence-corrected chi connectivity index (χ0v) is 9.62. The van der Waals surface area contributed by atoms with E-state index in [4.69, 9.17) is 0 Å². The van der Waals surface area contributed by atoms with E-state index in [1.54, 1.807) is 0 Å². The first-order valence-corrected chi connectivity index (χ1v) is 6.03. The lowest BCUT2D eigenvalue weighted by Crippen LogP contribution is -2.66. The van der Waals surface area contributed by atoms with Crippen molar-refractivity contribution < 1.29 is 4.79 Å². The van der Waals surface area contributed by atoms with Crippen LogP contribution in [0.25, 0.3) is 0 Å². The lowest BCUT2D eigenvalue weighted by molar-refractivity contribution is -0.141. The summed E-state index contributed by atoms with van der Waals surface area (Å²) in [5.41, 5.74) is 0. The van der Waals surface area contributed by atoms with Crippen LogP contribution >= 0.6 is 0 Å². The maximum atomic E-state index is 12.0. The molecule has 0 saturated carbocycles. The first kappa shape index (κ1) is 10.9. The van der Waals surface area contributed by atoms with Crippen LogP contribution in [0.2, 0.25) is 0 Å². The van der Waals surface area contributed by atoms with E-state index < -0.39 is 0 Å². The molecule has 4 nitrogen and oxygen atoms in total. The Morgan fingerprint density at radius 3 is 2.80 bits per heavy atom. The van der Waals surface area contributed by atoms with E-state index in [0.29, 0.717) is 12.1 Å². The number of rotatable bonds is 2. The van der Waals surface area contributed by atoms with E-state index >= 15 is 0 Å². The van der Waals surface area contributed by atoms with E-state index in [2.05, 4.69) is 24.5 Å². The highest BCUT2D eigenvalue weighted by Gasteiger charge is 2.37. The molecule has 0 spiro atoms. The third-order valence-corrected chi connectivity index (χ3v) is 3.63. The van der Waals surface area contributed by atoms with Crippen LogP contribution in [0, 0.1) is 0 Å². The van der Waals surface area contributed by atoms with Gasteiger partial charge < -0.3 is 10.2 Å². The first-order valence-electron chi connectivity index (χ1n) is 6.03. The van der Waals surface area contributed by atoms with Gasteiger partial charge in [-0.25, -0.2) is 0 Å². The molecule has 2 aliphatic heterocycles. The van der Waals surface area contributed by atoms with Gasteiger partial charge in [-0.1, -0.05) is 13.8 Å². The van der Waals surface area contributed by atoms with Crippen molar-refractivity contribution in [3.63, 3.8) is 0 Å². The number of fused-ring (bicyclic) bond motifs is 1. The SMILES string of the molecule is CCC1CC2CNC(CC)C(=O)N2CN1. The predicted octanol–water partition coefficient (Wildman–Crippen LogP) is 0.295. The fourth-order valence-corrected chi connectivity index (χ4v) is 2.54. The van der Waals surface area contributed by atoms with Gasteiger partial charge in [0, 0.05) is 18.6 Å². The van der Waals surface area contributed by atoms with Crippen molar-refractivity contribution in [1.82, 2.24) is 15.5 Å². The molecule has 0 bridgehead atoms. The van der Waals surface area contributed by atoms with E-state index in [0.717, 1.165) is 32.5 Å². The van der Waals surface area contributed by atoms with Crippen LogP contribution in [0.3, 0.4) is 0 Å². The lowest BCUT2D eigenvalue weighted by atomic mass is 9.97. The van der Waals surface area contributed by atoms with Crippen LogP contribution < -0.4 is 10.6 Å². The van der Waals surface area contributed by atoms with Crippen molar-refractivity contribution in [2.45, 2.75) is 51.2 Å². The number of carbonyl (C=O) groups is 1. The van der Waals surface area contributed by atoms with Crippen LogP contribution in [0.15, 0.2) is 0 Å². The molecule has 0 radical (unpaired) electrons. The summed E-state index contributed by atoms with van der Waals surface area (Å²) in [6, 6.07) is 1.03. The van der Waals surface area contributed by atoms with Crippen LogP contribution in [0.1, 0.15) is 33.1 Å². The Morgan fingerprint density at radius 2 is 2.13 bits per heavy atom. The van der Waals surface area contributed by atoms with Gasteiger partial charge in [0.05, 0.1) is 12.7 Å². The summed E-state index contributed by atoms with van der Waals surface area (Å²) in [4.78, 5) is 14.0. The normalized spacial score (nSPS) is 36.5. The first-order chi connectivity index (χ1) is 7.26. The van der Waals surface area contributed by atoms with Crippen molar-refractivity contribution in [2.75, 3.05) is 13.2 Å². The van der Waals surface area contributed by atoms with E-state index in [-0.39, 0.29) is 11.9 Å². The number of carbonyl (C=O) groups excluding carboxylic acids is 1. The minimum absolute atomic E-state index is 0.0428. The molecule has 0 aromatic rings. The Kier molecular flexibility index (Phi) is 3.26. The fourth-order valence-electron chi connectivity index (χ4n) is 2.54. The maximum Gasteiger partial charge on any atom is 0.241 e. The molecule has 2 aliphatic rings. The average Bonchev–Trinajstić information content (AvgIpc) is 2.29. The van der Waals surface area contributed by atoms with Gasteiger partial charge in [-0.2, -0.15) is 0 Å². The fraction of sp³-hybridized carbons (Fsp3) is 0.909. The highest BCUT2D eigenvalue weighted by Crippen LogP contribution is 2.19. The molecule has 2 fully saturated rings.